The number of rotatable bonds is 1. The van der Waals surface area contributed by atoms with Crippen molar-refractivity contribution in [3.05, 3.63) is 28.2 Å². The predicted molar refractivity (Wildman–Crippen MR) is 59.7 cm³/mol. The maximum Gasteiger partial charge on any atom is 0.246 e. The lowest BCUT2D eigenvalue weighted by molar-refractivity contribution is -0.117. The molecule has 1 aliphatic heterocycles. The number of aliphatic imine (C=N–C) groups is 1. The molecule has 1 aliphatic rings. The Morgan fingerprint density at radius 2 is 1.93 bits per heavy atom. The van der Waals surface area contributed by atoms with E-state index < -0.39 is 0 Å². The fourth-order valence-electron chi connectivity index (χ4n) is 1.16. The minimum Gasteiger partial charge on any atom is -0.347 e. The number of guanidine groups is 1. The number of hydrogen-bond donors (Lipinski definition) is 2. The first kappa shape index (κ1) is 10.3. The van der Waals surface area contributed by atoms with Crippen molar-refractivity contribution in [2.75, 3.05) is 6.54 Å². The summed E-state index contributed by atoms with van der Waals surface area (Å²) in [4.78, 5) is 15.0. The molecule has 1 aromatic carbocycles. The summed E-state index contributed by atoms with van der Waals surface area (Å²) in [6.45, 7) is 0.223. The van der Waals surface area contributed by atoms with Crippen molar-refractivity contribution in [1.29, 1.82) is 0 Å². The van der Waals surface area contributed by atoms with Crippen molar-refractivity contribution in [3.63, 3.8) is 0 Å². The van der Waals surface area contributed by atoms with Crippen molar-refractivity contribution in [3.8, 4) is 0 Å². The van der Waals surface area contributed by atoms with Crippen LogP contribution < -0.4 is 10.6 Å². The van der Waals surface area contributed by atoms with E-state index in [1.807, 2.05) is 0 Å². The highest BCUT2D eigenvalue weighted by atomic mass is 35.5. The highest BCUT2D eigenvalue weighted by Crippen LogP contribution is 2.32. The molecule has 1 fully saturated rings. The summed E-state index contributed by atoms with van der Waals surface area (Å²) >= 11 is 11.8. The van der Waals surface area contributed by atoms with Crippen LogP contribution in [-0.2, 0) is 4.79 Å². The number of nitrogens with one attached hydrogen (secondary N) is 2. The third-order valence-corrected chi connectivity index (χ3v) is 2.45. The molecular formula is C9H7Cl2N3O. The zero-order valence-electron chi connectivity index (χ0n) is 7.55. The second kappa shape index (κ2) is 4.08. The monoisotopic (exact) mass is 243 g/mol. The van der Waals surface area contributed by atoms with E-state index in [0.717, 1.165) is 0 Å². The number of para-hydroxylation sites is 1. The van der Waals surface area contributed by atoms with Gasteiger partial charge in [0.15, 0.2) is 0 Å². The van der Waals surface area contributed by atoms with Gasteiger partial charge in [0.05, 0.1) is 16.6 Å². The molecule has 1 amide bonds. The van der Waals surface area contributed by atoms with Gasteiger partial charge in [0.2, 0.25) is 11.9 Å². The SMILES string of the molecule is O=C1CNC(=Nc2c(Cl)cccc2Cl)N1. The van der Waals surface area contributed by atoms with E-state index in [-0.39, 0.29) is 12.5 Å². The highest BCUT2D eigenvalue weighted by molar-refractivity contribution is 6.38. The van der Waals surface area contributed by atoms with Crippen LogP contribution in [0.2, 0.25) is 10.0 Å². The fraction of sp³-hybridized carbons (Fsp3) is 0.111. The molecule has 15 heavy (non-hydrogen) atoms. The third-order valence-electron chi connectivity index (χ3n) is 1.84. The molecule has 1 aromatic rings. The van der Waals surface area contributed by atoms with Crippen molar-refractivity contribution >= 4 is 40.8 Å². The van der Waals surface area contributed by atoms with Crippen LogP contribution >= 0.6 is 23.2 Å². The van der Waals surface area contributed by atoms with Gasteiger partial charge in [0, 0.05) is 0 Å². The van der Waals surface area contributed by atoms with Gasteiger partial charge in [0.1, 0.15) is 5.69 Å². The number of nitrogens with zero attached hydrogens (tertiary/aromatic N) is 1. The molecule has 0 bridgehead atoms. The minimum absolute atomic E-state index is 0.128. The summed E-state index contributed by atoms with van der Waals surface area (Å²) < 4.78 is 0. The minimum atomic E-state index is -0.128. The lowest BCUT2D eigenvalue weighted by Gasteiger charge is -2.02. The molecule has 0 radical (unpaired) electrons. The van der Waals surface area contributed by atoms with Gasteiger partial charge in [-0.05, 0) is 12.1 Å². The normalized spacial score (nSPS) is 17.7. The van der Waals surface area contributed by atoms with E-state index in [1.54, 1.807) is 18.2 Å². The van der Waals surface area contributed by atoms with Crippen LogP contribution in [0.15, 0.2) is 23.2 Å². The second-order valence-electron chi connectivity index (χ2n) is 2.93. The van der Waals surface area contributed by atoms with Crippen molar-refractivity contribution < 1.29 is 4.79 Å². The summed E-state index contributed by atoms with van der Waals surface area (Å²) in [5.41, 5.74) is 0.450. The number of carbonyl (C=O) groups is 1. The zero-order valence-corrected chi connectivity index (χ0v) is 9.06. The van der Waals surface area contributed by atoms with Crippen LogP contribution in [0.5, 0.6) is 0 Å². The Labute approximate surface area is 96.3 Å². The highest BCUT2D eigenvalue weighted by Gasteiger charge is 2.15. The first-order valence-corrected chi connectivity index (χ1v) is 4.99. The topological polar surface area (TPSA) is 53.5 Å². The van der Waals surface area contributed by atoms with Gasteiger partial charge in [-0.2, -0.15) is 0 Å². The Kier molecular flexibility index (Phi) is 2.79. The van der Waals surface area contributed by atoms with Gasteiger partial charge in [-0.15, -0.1) is 0 Å². The van der Waals surface area contributed by atoms with Gasteiger partial charge in [-0.1, -0.05) is 29.3 Å². The predicted octanol–water partition coefficient (Wildman–Crippen LogP) is 1.70. The lowest BCUT2D eigenvalue weighted by Crippen LogP contribution is -2.24. The van der Waals surface area contributed by atoms with Gasteiger partial charge in [-0.25, -0.2) is 4.99 Å². The molecule has 78 valence electrons. The number of carbonyl (C=O) groups excluding carboxylic acids is 1. The lowest BCUT2D eigenvalue weighted by atomic mass is 10.3. The Bertz CT molecular complexity index is 425. The Morgan fingerprint density at radius 3 is 2.47 bits per heavy atom. The van der Waals surface area contributed by atoms with E-state index in [0.29, 0.717) is 21.7 Å². The van der Waals surface area contributed by atoms with E-state index in [4.69, 9.17) is 23.2 Å². The number of benzene rings is 1. The molecule has 6 heteroatoms. The molecule has 0 saturated carbocycles. The standard InChI is InChI=1S/C9H7Cl2N3O/c10-5-2-1-3-6(11)8(5)14-9-12-4-7(15)13-9/h1-3H,4H2,(H2,12,13,14,15). The molecule has 1 saturated heterocycles. The van der Waals surface area contributed by atoms with Gasteiger partial charge < -0.3 is 5.32 Å². The van der Waals surface area contributed by atoms with Crippen LogP contribution in [0.1, 0.15) is 0 Å². The molecule has 0 aliphatic carbocycles. The molecule has 0 aromatic heterocycles. The Morgan fingerprint density at radius 1 is 1.27 bits per heavy atom. The molecule has 0 unspecified atom stereocenters. The molecule has 2 N–H and O–H groups in total. The maximum absolute atomic E-state index is 10.9. The van der Waals surface area contributed by atoms with E-state index in [9.17, 15) is 4.79 Å². The second-order valence-corrected chi connectivity index (χ2v) is 3.75. The number of amides is 1. The Hall–Kier alpha value is -1.26. The average Bonchev–Trinajstić information content (AvgIpc) is 2.58. The van der Waals surface area contributed by atoms with Crippen LogP contribution in [0, 0.1) is 0 Å². The quantitative estimate of drug-likeness (QED) is 0.789. The molecular weight excluding hydrogens is 237 g/mol. The summed E-state index contributed by atoms with van der Waals surface area (Å²) in [5, 5.41) is 6.21. The molecule has 2 rings (SSSR count). The molecule has 0 spiro atoms. The number of hydrogen-bond acceptors (Lipinski definition) is 2. The number of halogens is 2. The largest absolute Gasteiger partial charge is 0.347 e. The first-order chi connectivity index (χ1) is 7.16. The van der Waals surface area contributed by atoms with Crippen LogP contribution in [0.4, 0.5) is 5.69 Å². The Balaban J connectivity index is 2.35. The van der Waals surface area contributed by atoms with Crippen molar-refractivity contribution in [2.45, 2.75) is 0 Å². The van der Waals surface area contributed by atoms with E-state index in [2.05, 4.69) is 15.6 Å². The van der Waals surface area contributed by atoms with Crippen molar-refractivity contribution in [2.24, 2.45) is 4.99 Å². The smallest absolute Gasteiger partial charge is 0.246 e. The summed E-state index contributed by atoms with van der Waals surface area (Å²) in [5.74, 6) is 0.243. The summed E-state index contributed by atoms with van der Waals surface area (Å²) in [6, 6.07) is 5.10. The summed E-state index contributed by atoms with van der Waals surface area (Å²) in [6.07, 6.45) is 0. The van der Waals surface area contributed by atoms with Gasteiger partial charge >= 0.3 is 0 Å². The average molecular weight is 244 g/mol. The third kappa shape index (κ3) is 2.22. The van der Waals surface area contributed by atoms with Gasteiger partial charge in [-0.3, -0.25) is 10.1 Å². The maximum atomic E-state index is 10.9. The van der Waals surface area contributed by atoms with Crippen molar-refractivity contribution in [1.82, 2.24) is 10.6 Å². The molecule has 4 nitrogen and oxygen atoms in total. The summed E-state index contributed by atoms with van der Waals surface area (Å²) in [7, 11) is 0. The first-order valence-electron chi connectivity index (χ1n) is 4.23. The molecule has 0 atom stereocenters. The van der Waals surface area contributed by atoms with Crippen LogP contribution in [0.25, 0.3) is 0 Å². The van der Waals surface area contributed by atoms with E-state index >= 15 is 0 Å². The fourth-order valence-corrected chi connectivity index (χ4v) is 1.64. The van der Waals surface area contributed by atoms with Gasteiger partial charge in [0.25, 0.3) is 0 Å². The van der Waals surface area contributed by atoms with Crippen LogP contribution in [0.3, 0.4) is 0 Å². The zero-order chi connectivity index (χ0) is 10.8. The molecule has 1 heterocycles. The van der Waals surface area contributed by atoms with E-state index in [1.165, 1.54) is 0 Å². The van der Waals surface area contributed by atoms with Crippen LogP contribution in [-0.4, -0.2) is 18.4 Å².